The lowest BCUT2D eigenvalue weighted by Gasteiger charge is -2.10. The molecule has 6 aromatic heterocycles. The van der Waals surface area contributed by atoms with Crippen molar-refractivity contribution in [3.63, 3.8) is 0 Å². The van der Waals surface area contributed by atoms with Crippen molar-refractivity contribution in [3.8, 4) is 22.5 Å². The predicted octanol–water partition coefficient (Wildman–Crippen LogP) is 8.01. The molecule has 0 aliphatic rings. The molecule has 0 saturated heterocycles. The van der Waals surface area contributed by atoms with E-state index in [2.05, 4.69) is 67.6 Å². The first-order valence-corrected chi connectivity index (χ1v) is 20.2. The monoisotopic (exact) mass is 890 g/mol. The smallest absolute Gasteiger partial charge is 0.268 e. The molecule has 0 aliphatic heterocycles. The van der Waals surface area contributed by atoms with E-state index in [0.717, 1.165) is 58.2 Å². The molecule has 0 unspecified atom stereocenters. The maximum Gasteiger partial charge on any atom is 0.268 e. The predicted molar refractivity (Wildman–Crippen MR) is 221 cm³/mol. The normalized spacial score (nSPS) is 11.4. The zero-order chi connectivity index (χ0) is 38.6. The summed E-state index contributed by atoms with van der Waals surface area (Å²) in [6.07, 6.45) is 9.72. The first-order chi connectivity index (χ1) is 27.2. The molecule has 0 aliphatic carbocycles. The number of aromatic amines is 1. The van der Waals surface area contributed by atoms with Gasteiger partial charge in [-0.05, 0) is 50.9 Å². The zero-order valence-corrected chi connectivity index (χ0v) is 33.6. The highest BCUT2D eigenvalue weighted by molar-refractivity contribution is 9.11. The minimum absolute atomic E-state index is 0.217. The van der Waals surface area contributed by atoms with Crippen LogP contribution in [0, 0.1) is 6.92 Å². The van der Waals surface area contributed by atoms with Crippen molar-refractivity contribution in [2.75, 3.05) is 10.6 Å². The fourth-order valence-electron chi connectivity index (χ4n) is 5.79. The summed E-state index contributed by atoms with van der Waals surface area (Å²) in [7, 11) is -3.70. The Morgan fingerprint density at radius 2 is 1.27 bits per heavy atom. The second-order valence-corrected chi connectivity index (χ2v) is 16.1. The van der Waals surface area contributed by atoms with Crippen LogP contribution >= 0.6 is 31.9 Å². The maximum absolute atomic E-state index is 12.9. The van der Waals surface area contributed by atoms with Crippen LogP contribution in [0.3, 0.4) is 0 Å². The lowest BCUT2D eigenvalue weighted by molar-refractivity contribution is 0.587. The Balaban J connectivity index is 0.000000168. The van der Waals surface area contributed by atoms with Gasteiger partial charge in [-0.25, -0.2) is 32.3 Å². The molecule has 0 atom stereocenters. The van der Waals surface area contributed by atoms with E-state index in [1.54, 1.807) is 58.2 Å². The van der Waals surface area contributed by atoms with E-state index in [1.165, 1.54) is 12.5 Å². The molecule has 9 aromatic rings. The lowest BCUT2D eigenvalue weighted by atomic mass is 10.1. The van der Waals surface area contributed by atoms with Gasteiger partial charge in [-0.1, -0.05) is 78.4 Å². The van der Waals surface area contributed by atoms with Crippen LogP contribution in [0.15, 0.2) is 148 Å². The molecule has 14 nitrogen and oxygen atoms in total. The number of anilines is 2. The topological polar surface area (TPSA) is 165 Å². The van der Waals surface area contributed by atoms with Crippen LogP contribution in [0.2, 0.25) is 0 Å². The van der Waals surface area contributed by atoms with Crippen molar-refractivity contribution < 1.29 is 8.42 Å². The van der Waals surface area contributed by atoms with Crippen molar-refractivity contribution >= 4 is 64.8 Å². The van der Waals surface area contributed by atoms with Gasteiger partial charge in [-0.2, -0.15) is 19.2 Å². The Hall–Kier alpha value is -6.17. The summed E-state index contributed by atoms with van der Waals surface area (Å²) in [5.74, 6) is 1.58. The fraction of sp³-hybridized carbons (Fsp3) is 0.0769. The van der Waals surface area contributed by atoms with Crippen LogP contribution in [-0.2, 0) is 23.1 Å². The summed E-state index contributed by atoms with van der Waals surface area (Å²) in [5.41, 5.74) is 7.74. The molecule has 6 heterocycles. The van der Waals surface area contributed by atoms with Gasteiger partial charge in [-0.3, -0.25) is 0 Å². The van der Waals surface area contributed by atoms with Crippen LogP contribution in [0.5, 0.6) is 0 Å². The average Bonchev–Trinajstić information content (AvgIpc) is 4.06. The number of rotatable bonds is 10. The molecule has 280 valence electrons. The Bertz CT molecular complexity index is 2860. The summed E-state index contributed by atoms with van der Waals surface area (Å²) in [6.45, 7) is 2.85. The van der Waals surface area contributed by atoms with Crippen molar-refractivity contribution in [1.82, 2.24) is 48.1 Å². The third-order valence-corrected chi connectivity index (χ3v) is 11.4. The quantitative estimate of drug-likeness (QED) is 0.123. The Morgan fingerprint density at radius 3 is 1.80 bits per heavy atom. The van der Waals surface area contributed by atoms with Gasteiger partial charge >= 0.3 is 0 Å². The van der Waals surface area contributed by atoms with E-state index < -0.39 is 10.0 Å². The third-order valence-electron chi connectivity index (χ3n) is 8.67. The van der Waals surface area contributed by atoms with Gasteiger partial charge in [-0.15, -0.1) is 0 Å². The number of hydrogen-bond donors (Lipinski definition) is 3. The van der Waals surface area contributed by atoms with Gasteiger partial charge in [0.15, 0.2) is 11.3 Å². The lowest BCUT2D eigenvalue weighted by Crippen LogP contribution is -2.11. The molecule has 9 rings (SSSR count). The van der Waals surface area contributed by atoms with Crippen LogP contribution < -0.4 is 10.6 Å². The van der Waals surface area contributed by atoms with Crippen LogP contribution in [0.1, 0.15) is 17.0 Å². The van der Waals surface area contributed by atoms with E-state index in [1.807, 2.05) is 79.7 Å². The third kappa shape index (κ3) is 7.82. The largest absolute Gasteiger partial charge is 0.364 e. The molecule has 17 heteroatoms. The standard InChI is InChI=1S/C23H19BrN6O2S.C16H13BrN6/c1-16-7-9-19(10-8-16)33(31,32)29-14-18(26-15-29)12-25-22-11-21(17-5-3-2-4-6-17)28-23-20(24)13-27-30(22)23;17-13-9-21-23-15(19-8-12-7-18-10-20-12)6-14(22-16(13)23)11-4-2-1-3-5-11/h2-11,13-15,25H,12H2,1H3;1-7,9-10,19H,8H2,(H,18,20). The number of benzene rings is 3. The molecule has 56 heavy (non-hydrogen) atoms. The van der Waals surface area contributed by atoms with Crippen molar-refractivity contribution in [1.29, 1.82) is 0 Å². The van der Waals surface area contributed by atoms with Crippen molar-refractivity contribution in [2.24, 2.45) is 0 Å². The molecular formula is C39H32Br2N12O2S. The van der Waals surface area contributed by atoms with Crippen LogP contribution in [0.4, 0.5) is 11.6 Å². The highest BCUT2D eigenvalue weighted by Gasteiger charge is 2.18. The van der Waals surface area contributed by atoms with Crippen LogP contribution in [0.25, 0.3) is 33.8 Å². The zero-order valence-electron chi connectivity index (χ0n) is 29.6. The number of H-pyrrole nitrogens is 1. The minimum atomic E-state index is -3.70. The Morgan fingerprint density at radius 1 is 0.714 bits per heavy atom. The van der Waals surface area contributed by atoms with Crippen molar-refractivity contribution in [3.05, 3.63) is 160 Å². The summed E-state index contributed by atoms with van der Waals surface area (Å²) in [5, 5.41) is 15.4. The number of nitrogens with zero attached hydrogens (tertiary/aromatic N) is 9. The number of imidazole rings is 2. The average molecular weight is 893 g/mol. The Kier molecular flexibility index (Phi) is 10.4. The maximum atomic E-state index is 12.9. The number of nitrogens with one attached hydrogen (secondary N) is 3. The number of fused-ring (bicyclic) bond motifs is 2. The van der Waals surface area contributed by atoms with Gasteiger partial charge in [0.25, 0.3) is 10.0 Å². The first-order valence-electron chi connectivity index (χ1n) is 17.2. The second-order valence-electron chi connectivity index (χ2n) is 12.5. The molecule has 0 saturated carbocycles. The van der Waals surface area contributed by atoms with Gasteiger partial charge in [0, 0.05) is 35.7 Å². The number of aryl methyl sites for hydroxylation is 1. The number of halogens is 2. The number of aromatic nitrogens is 10. The SMILES string of the molecule is Brc1cnn2c(NCc3cnc[nH]3)cc(-c3ccccc3)nc12.Cc1ccc(S(=O)(=O)n2cnc(CNc3cc(-c4ccccc4)nc4c(Br)cnn34)c2)cc1. The van der Waals surface area contributed by atoms with Gasteiger partial charge < -0.3 is 15.6 Å². The van der Waals surface area contributed by atoms with Gasteiger partial charge in [0.05, 0.1) is 68.4 Å². The summed E-state index contributed by atoms with van der Waals surface area (Å²) < 4.78 is 32.0. The molecule has 0 radical (unpaired) electrons. The Labute approximate surface area is 338 Å². The molecule has 0 bridgehead atoms. The second kappa shape index (κ2) is 15.9. The molecule has 3 N–H and O–H groups in total. The highest BCUT2D eigenvalue weighted by atomic mass is 79.9. The fourth-order valence-corrected chi connectivity index (χ4v) is 7.64. The summed E-state index contributed by atoms with van der Waals surface area (Å²) in [4.78, 5) is 21.0. The molecule has 0 spiro atoms. The minimum Gasteiger partial charge on any atom is -0.364 e. The molecule has 0 amide bonds. The van der Waals surface area contributed by atoms with E-state index in [4.69, 9.17) is 9.97 Å². The van der Waals surface area contributed by atoms with Gasteiger partial charge in [0.1, 0.15) is 18.0 Å². The summed E-state index contributed by atoms with van der Waals surface area (Å²) in [6, 6.07) is 30.6. The van der Waals surface area contributed by atoms with Crippen molar-refractivity contribution in [2.45, 2.75) is 24.9 Å². The van der Waals surface area contributed by atoms with E-state index in [-0.39, 0.29) is 4.90 Å². The van der Waals surface area contributed by atoms with E-state index in [9.17, 15) is 8.42 Å². The molecule has 3 aromatic carbocycles. The highest BCUT2D eigenvalue weighted by Crippen LogP contribution is 2.28. The molecular weight excluding hydrogens is 860 g/mol. The summed E-state index contributed by atoms with van der Waals surface area (Å²) >= 11 is 7.01. The molecule has 0 fully saturated rings. The van der Waals surface area contributed by atoms with Crippen LogP contribution in [-0.4, -0.2) is 56.5 Å². The van der Waals surface area contributed by atoms with Gasteiger partial charge in [0.2, 0.25) is 0 Å². The number of hydrogen-bond acceptors (Lipinski definition) is 10. The van der Waals surface area contributed by atoms with E-state index in [0.29, 0.717) is 30.2 Å². The van der Waals surface area contributed by atoms with E-state index >= 15 is 0 Å². The first kappa shape index (κ1) is 36.8.